The van der Waals surface area contributed by atoms with E-state index in [1.54, 1.807) is 6.07 Å². The van der Waals surface area contributed by atoms with Gasteiger partial charge in [0.2, 0.25) is 21.8 Å². The van der Waals surface area contributed by atoms with Crippen LogP contribution < -0.4 is 15.4 Å². The third kappa shape index (κ3) is 5.11. The SMILES string of the molecule is Cc1noc(C)c1S(=O)(=O)NCC(=O)NC(C)C(=O)Nc1ccccc1F. The molecule has 0 bridgehead atoms. The fraction of sp³-hybridized carbons (Fsp3) is 0.312. The van der Waals surface area contributed by atoms with Crippen LogP contribution in [0.15, 0.2) is 33.7 Å². The molecule has 2 aromatic rings. The van der Waals surface area contributed by atoms with Gasteiger partial charge < -0.3 is 15.2 Å². The molecule has 146 valence electrons. The first kappa shape index (κ1) is 20.5. The molecule has 0 radical (unpaired) electrons. The Morgan fingerprint density at radius 2 is 1.93 bits per heavy atom. The number of anilines is 1. The molecule has 3 N–H and O–H groups in total. The maximum atomic E-state index is 13.5. The van der Waals surface area contributed by atoms with Crippen molar-refractivity contribution in [3.8, 4) is 0 Å². The fourth-order valence-corrected chi connectivity index (χ4v) is 3.56. The van der Waals surface area contributed by atoms with Crippen molar-refractivity contribution in [3.05, 3.63) is 41.5 Å². The van der Waals surface area contributed by atoms with Crippen LogP contribution in [-0.4, -0.2) is 38.0 Å². The van der Waals surface area contributed by atoms with E-state index in [-0.39, 0.29) is 22.0 Å². The van der Waals surface area contributed by atoms with E-state index in [0.717, 1.165) is 0 Å². The number of halogens is 1. The van der Waals surface area contributed by atoms with Gasteiger partial charge in [-0.3, -0.25) is 9.59 Å². The smallest absolute Gasteiger partial charge is 0.246 e. The van der Waals surface area contributed by atoms with Crippen molar-refractivity contribution < 1.29 is 26.9 Å². The number of hydrogen-bond acceptors (Lipinski definition) is 6. The molecule has 1 aromatic carbocycles. The van der Waals surface area contributed by atoms with Crippen molar-refractivity contribution in [2.45, 2.75) is 31.7 Å². The summed E-state index contributed by atoms with van der Waals surface area (Å²) in [5.41, 5.74) is 0.140. The number of sulfonamides is 1. The van der Waals surface area contributed by atoms with E-state index in [2.05, 4.69) is 20.5 Å². The molecular formula is C16H19FN4O5S. The zero-order valence-corrected chi connectivity index (χ0v) is 15.7. The minimum atomic E-state index is -4.00. The number of carbonyl (C=O) groups excluding carboxylic acids is 2. The van der Waals surface area contributed by atoms with Gasteiger partial charge in [-0.1, -0.05) is 17.3 Å². The Balaban J connectivity index is 1.91. The van der Waals surface area contributed by atoms with E-state index in [0.29, 0.717) is 0 Å². The minimum Gasteiger partial charge on any atom is -0.360 e. The quantitative estimate of drug-likeness (QED) is 0.634. The lowest BCUT2D eigenvalue weighted by atomic mass is 10.2. The molecule has 0 saturated carbocycles. The van der Waals surface area contributed by atoms with E-state index in [1.165, 1.54) is 39.0 Å². The maximum Gasteiger partial charge on any atom is 0.246 e. The maximum absolute atomic E-state index is 13.5. The van der Waals surface area contributed by atoms with Crippen molar-refractivity contribution >= 4 is 27.5 Å². The van der Waals surface area contributed by atoms with Gasteiger partial charge in [0.25, 0.3) is 0 Å². The first-order valence-corrected chi connectivity index (χ1v) is 9.37. The Labute approximate surface area is 155 Å². The van der Waals surface area contributed by atoms with E-state index in [9.17, 15) is 22.4 Å². The van der Waals surface area contributed by atoms with Crippen LogP contribution in [-0.2, 0) is 19.6 Å². The van der Waals surface area contributed by atoms with E-state index in [1.807, 2.05) is 0 Å². The molecule has 1 atom stereocenters. The second-order valence-electron chi connectivity index (χ2n) is 5.74. The number of aromatic nitrogens is 1. The molecule has 0 aliphatic carbocycles. The van der Waals surface area contributed by atoms with Gasteiger partial charge in [0.15, 0.2) is 5.76 Å². The van der Waals surface area contributed by atoms with Gasteiger partial charge in [0.05, 0.1) is 12.2 Å². The number of benzene rings is 1. The molecule has 27 heavy (non-hydrogen) atoms. The summed E-state index contributed by atoms with van der Waals surface area (Å²) in [7, 11) is -4.00. The summed E-state index contributed by atoms with van der Waals surface area (Å²) in [5, 5.41) is 8.21. The summed E-state index contributed by atoms with van der Waals surface area (Å²) < 4.78 is 44.9. The second kappa shape index (κ2) is 8.27. The lowest BCUT2D eigenvalue weighted by Gasteiger charge is -2.15. The molecule has 0 spiro atoms. The van der Waals surface area contributed by atoms with Crippen molar-refractivity contribution in [3.63, 3.8) is 0 Å². The van der Waals surface area contributed by atoms with Gasteiger partial charge in [-0.2, -0.15) is 0 Å². The number of amides is 2. The third-order valence-corrected chi connectivity index (χ3v) is 5.21. The molecular weight excluding hydrogens is 379 g/mol. The Kier molecular flexibility index (Phi) is 6.28. The summed E-state index contributed by atoms with van der Waals surface area (Å²) in [6.45, 7) is 3.69. The van der Waals surface area contributed by atoms with Crippen molar-refractivity contribution in [1.82, 2.24) is 15.2 Å². The average Bonchev–Trinajstić information content (AvgIpc) is 2.94. The van der Waals surface area contributed by atoms with Gasteiger partial charge in [-0.15, -0.1) is 0 Å². The molecule has 0 aliphatic heterocycles. The monoisotopic (exact) mass is 398 g/mol. The summed E-state index contributed by atoms with van der Waals surface area (Å²) in [4.78, 5) is 23.8. The van der Waals surface area contributed by atoms with Crippen LogP contribution in [0.25, 0.3) is 0 Å². The van der Waals surface area contributed by atoms with Crippen LogP contribution in [0.4, 0.5) is 10.1 Å². The zero-order valence-electron chi connectivity index (χ0n) is 14.9. The summed E-state index contributed by atoms with van der Waals surface area (Å²) in [6, 6.07) is 4.56. The summed E-state index contributed by atoms with van der Waals surface area (Å²) >= 11 is 0. The van der Waals surface area contributed by atoms with E-state index >= 15 is 0 Å². The molecule has 1 aromatic heterocycles. The van der Waals surface area contributed by atoms with Gasteiger partial charge in [-0.25, -0.2) is 17.5 Å². The van der Waals surface area contributed by atoms with Crippen LogP contribution >= 0.6 is 0 Å². The number of rotatable bonds is 7. The highest BCUT2D eigenvalue weighted by molar-refractivity contribution is 7.89. The molecule has 1 heterocycles. The van der Waals surface area contributed by atoms with Crippen molar-refractivity contribution in [2.24, 2.45) is 0 Å². The van der Waals surface area contributed by atoms with E-state index < -0.39 is 40.2 Å². The van der Waals surface area contributed by atoms with Gasteiger partial charge in [-0.05, 0) is 32.9 Å². The topological polar surface area (TPSA) is 130 Å². The number of carbonyl (C=O) groups is 2. The van der Waals surface area contributed by atoms with Gasteiger partial charge >= 0.3 is 0 Å². The largest absolute Gasteiger partial charge is 0.360 e. The second-order valence-corrected chi connectivity index (χ2v) is 7.44. The highest BCUT2D eigenvalue weighted by Crippen LogP contribution is 2.18. The van der Waals surface area contributed by atoms with E-state index in [4.69, 9.17) is 4.52 Å². The van der Waals surface area contributed by atoms with Crippen LogP contribution in [0, 0.1) is 19.7 Å². The van der Waals surface area contributed by atoms with Gasteiger partial charge in [0, 0.05) is 0 Å². The van der Waals surface area contributed by atoms with Crippen LogP contribution in [0.2, 0.25) is 0 Å². The minimum absolute atomic E-state index is 0.0253. The van der Waals surface area contributed by atoms with Crippen LogP contribution in [0.3, 0.4) is 0 Å². The predicted molar refractivity (Wildman–Crippen MR) is 93.8 cm³/mol. The standard InChI is InChI=1S/C16H19FN4O5S/c1-9-15(11(3)26-21-9)27(24,25)18-8-14(22)19-10(2)16(23)20-13-7-5-4-6-12(13)17/h4-7,10,18H,8H2,1-3H3,(H,19,22)(H,20,23). The van der Waals surface area contributed by atoms with Gasteiger partial charge in [0.1, 0.15) is 22.4 Å². The lowest BCUT2D eigenvalue weighted by Crippen LogP contribution is -2.46. The highest BCUT2D eigenvalue weighted by Gasteiger charge is 2.25. The Bertz CT molecular complexity index is 938. The first-order valence-electron chi connectivity index (χ1n) is 7.89. The Morgan fingerprint density at radius 3 is 2.52 bits per heavy atom. The molecule has 9 nitrogen and oxygen atoms in total. The summed E-state index contributed by atoms with van der Waals surface area (Å²) in [6.07, 6.45) is 0. The summed E-state index contributed by atoms with van der Waals surface area (Å²) in [5.74, 6) is -1.90. The molecule has 2 amide bonds. The van der Waals surface area contributed by atoms with Crippen LogP contribution in [0.1, 0.15) is 18.4 Å². The zero-order chi connectivity index (χ0) is 20.2. The Hall–Kier alpha value is -2.79. The molecule has 11 heteroatoms. The average molecular weight is 398 g/mol. The normalized spacial score (nSPS) is 12.4. The molecule has 0 aliphatic rings. The first-order chi connectivity index (χ1) is 12.6. The molecule has 0 fully saturated rings. The number of para-hydroxylation sites is 1. The predicted octanol–water partition coefficient (Wildman–Crippen LogP) is 0.852. The number of nitrogens with zero attached hydrogens (tertiary/aromatic N) is 1. The Morgan fingerprint density at radius 1 is 1.26 bits per heavy atom. The van der Waals surface area contributed by atoms with Crippen molar-refractivity contribution in [2.75, 3.05) is 11.9 Å². The fourth-order valence-electron chi connectivity index (χ4n) is 2.25. The molecule has 0 saturated heterocycles. The third-order valence-electron chi connectivity index (χ3n) is 3.56. The van der Waals surface area contributed by atoms with Crippen LogP contribution in [0.5, 0.6) is 0 Å². The number of aryl methyl sites for hydroxylation is 2. The van der Waals surface area contributed by atoms with Crippen molar-refractivity contribution in [1.29, 1.82) is 0 Å². The molecule has 2 rings (SSSR count). The lowest BCUT2D eigenvalue weighted by molar-refractivity contribution is -0.125. The molecule has 1 unspecified atom stereocenters. The number of nitrogens with one attached hydrogen (secondary N) is 3. The number of hydrogen-bond donors (Lipinski definition) is 3. The highest BCUT2D eigenvalue weighted by atomic mass is 32.2.